The Hall–Kier alpha value is -2.03. The lowest BCUT2D eigenvalue weighted by atomic mass is 9.99. The normalized spacial score (nSPS) is 23.4. The SMILES string of the molecule is CC(C)c1ccccc1N1C(=NC(=O)COc2ccc(Cl)cc2)S[C@@H]2CS(=O)(=O)C[C@H]21. The molecule has 2 fully saturated rings. The van der Waals surface area contributed by atoms with E-state index in [1.165, 1.54) is 11.8 Å². The summed E-state index contributed by atoms with van der Waals surface area (Å²) in [4.78, 5) is 18.8. The molecule has 31 heavy (non-hydrogen) atoms. The molecule has 2 aromatic carbocycles. The van der Waals surface area contributed by atoms with Crippen LogP contribution in [0.15, 0.2) is 53.5 Å². The molecule has 2 saturated heterocycles. The summed E-state index contributed by atoms with van der Waals surface area (Å²) in [6, 6.07) is 14.4. The molecule has 1 amide bonds. The van der Waals surface area contributed by atoms with Crippen LogP contribution in [0.4, 0.5) is 5.69 Å². The molecule has 0 aromatic heterocycles. The smallest absolute Gasteiger partial charge is 0.285 e. The van der Waals surface area contributed by atoms with Crippen LogP contribution in [-0.2, 0) is 14.6 Å². The van der Waals surface area contributed by atoms with Crippen molar-refractivity contribution in [2.24, 2.45) is 4.99 Å². The Morgan fingerprint density at radius 1 is 1.19 bits per heavy atom. The first-order valence-corrected chi connectivity index (χ1v) is 13.1. The van der Waals surface area contributed by atoms with E-state index < -0.39 is 15.7 Å². The molecular formula is C22H23ClN2O4S2. The highest BCUT2D eigenvalue weighted by Crippen LogP contribution is 2.43. The summed E-state index contributed by atoms with van der Waals surface area (Å²) >= 11 is 7.23. The number of sulfone groups is 1. The van der Waals surface area contributed by atoms with E-state index in [0.717, 1.165) is 11.3 Å². The molecule has 0 unspecified atom stereocenters. The average molecular weight is 479 g/mol. The molecule has 0 spiro atoms. The van der Waals surface area contributed by atoms with E-state index in [4.69, 9.17) is 16.3 Å². The number of carbonyl (C=O) groups is 1. The fourth-order valence-electron chi connectivity index (χ4n) is 3.86. The molecule has 2 aliphatic rings. The minimum Gasteiger partial charge on any atom is -0.484 e. The van der Waals surface area contributed by atoms with Crippen molar-refractivity contribution < 1.29 is 17.9 Å². The zero-order chi connectivity index (χ0) is 22.2. The van der Waals surface area contributed by atoms with E-state index in [9.17, 15) is 13.2 Å². The van der Waals surface area contributed by atoms with Crippen LogP contribution >= 0.6 is 23.4 Å². The fraction of sp³-hybridized carbons (Fsp3) is 0.364. The van der Waals surface area contributed by atoms with Crippen molar-refractivity contribution in [3.63, 3.8) is 0 Å². The number of anilines is 1. The molecule has 6 nitrogen and oxygen atoms in total. The Kier molecular flexibility index (Phi) is 6.32. The first-order valence-electron chi connectivity index (χ1n) is 9.98. The zero-order valence-corrected chi connectivity index (χ0v) is 19.6. The van der Waals surface area contributed by atoms with Gasteiger partial charge in [-0.15, -0.1) is 0 Å². The van der Waals surface area contributed by atoms with Crippen LogP contribution in [-0.4, -0.2) is 48.9 Å². The van der Waals surface area contributed by atoms with Gasteiger partial charge >= 0.3 is 0 Å². The lowest BCUT2D eigenvalue weighted by Gasteiger charge is -2.28. The van der Waals surface area contributed by atoms with Crippen LogP contribution in [0.2, 0.25) is 5.02 Å². The number of ether oxygens (including phenoxy) is 1. The van der Waals surface area contributed by atoms with Crippen molar-refractivity contribution in [3.8, 4) is 5.75 Å². The maximum absolute atomic E-state index is 12.6. The molecule has 0 radical (unpaired) electrons. The maximum atomic E-state index is 12.6. The number of fused-ring (bicyclic) bond motifs is 1. The summed E-state index contributed by atoms with van der Waals surface area (Å²) in [6.45, 7) is 3.97. The predicted molar refractivity (Wildman–Crippen MR) is 126 cm³/mol. The quantitative estimate of drug-likeness (QED) is 0.642. The number of para-hydroxylation sites is 1. The molecule has 0 N–H and O–H groups in total. The Morgan fingerprint density at radius 3 is 2.61 bits per heavy atom. The average Bonchev–Trinajstić information content (AvgIpc) is 3.18. The van der Waals surface area contributed by atoms with Gasteiger partial charge in [0.2, 0.25) is 0 Å². The van der Waals surface area contributed by atoms with Gasteiger partial charge in [0.05, 0.1) is 17.5 Å². The van der Waals surface area contributed by atoms with Gasteiger partial charge in [-0.2, -0.15) is 4.99 Å². The highest BCUT2D eigenvalue weighted by molar-refractivity contribution is 8.16. The van der Waals surface area contributed by atoms with Gasteiger partial charge in [0.1, 0.15) is 5.75 Å². The van der Waals surface area contributed by atoms with Crippen molar-refractivity contribution in [2.45, 2.75) is 31.1 Å². The van der Waals surface area contributed by atoms with Gasteiger partial charge in [-0.25, -0.2) is 8.42 Å². The van der Waals surface area contributed by atoms with E-state index in [1.54, 1.807) is 24.3 Å². The number of carbonyl (C=O) groups excluding carboxylic acids is 1. The Labute approximate surface area is 191 Å². The molecule has 164 valence electrons. The molecule has 9 heteroatoms. The van der Waals surface area contributed by atoms with Crippen molar-refractivity contribution in [3.05, 3.63) is 59.1 Å². The number of amidine groups is 1. The van der Waals surface area contributed by atoms with E-state index in [2.05, 4.69) is 18.8 Å². The number of amides is 1. The fourth-order valence-corrected chi connectivity index (χ4v) is 7.91. The van der Waals surface area contributed by atoms with Crippen molar-refractivity contribution in [2.75, 3.05) is 23.0 Å². The second kappa shape index (κ2) is 8.84. The van der Waals surface area contributed by atoms with Crippen molar-refractivity contribution in [1.82, 2.24) is 0 Å². The van der Waals surface area contributed by atoms with Gasteiger partial charge in [-0.1, -0.05) is 55.4 Å². The summed E-state index contributed by atoms with van der Waals surface area (Å²) < 4.78 is 30.1. The zero-order valence-electron chi connectivity index (χ0n) is 17.2. The van der Waals surface area contributed by atoms with Gasteiger partial charge in [0.15, 0.2) is 21.6 Å². The molecule has 2 atom stereocenters. The first-order chi connectivity index (χ1) is 14.7. The lowest BCUT2D eigenvalue weighted by Crippen LogP contribution is -2.38. The van der Waals surface area contributed by atoms with Gasteiger partial charge in [0.25, 0.3) is 5.91 Å². The Bertz CT molecular complexity index is 1120. The number of aliphatic imine (C=N–C) groups is 1. The van der Waals surface area contributed by atoms with Gasteiger partial charge in [0, 0.05) is 16.0 Å². The summed E-state index contributed by atoms with van der Waals surface area (Å²) in [5, 5.41) is 0.971. The van der Waals surface area contributed by atoms with Crippen molar-refractivity contribution >= 4 is 50.0 Å². The first kappa shape index (κ1) is 22.2. The number of hydrogen-bond donors (Lipinski definition) is 0. The van der Waals surface area contributed by atoms with E-state index >= 15 is 0 Å². The number of benzene rings is 2. The van der Waals surface area contributed by atoms with E-state index in [1.807, 2.05) is 29.2 Å². The van der Waals surface area contributed by atoms with Crippen LogP contribution in [0.25, 0.3) is 0 Å². The molecule has 4 rings (SSSR count). The predicted octanol–water partition coefficient (Wildman–Crippen LogP) is 4.14. The molecule has 2 aromatic rings. The standard InChI is InChI=1S/C22H23ClN2O4S2/c1-14(2)17-5-3-4-6-18(17)25-19-12-31(27,28)13-20(19)30-22(25)24-21(26)11-29-16-9-7-15(23)8-10-16/h3-10,14,19-20H,11-13H2,1-2H3/t19-,20-/m1/s1. The van der Waals surface area contributed by atoms with Gasteiger partial charge in [-0.05, 0) is 41.8 Å². The number of nitrogens with zero attached hydrogens (tertiary/aromatic N) is 2. The van der Waals surface area contributed by atoms with Gasteiger partial charge in [-0.3, -0.25) is 4.79 Å². The van der Waals surface area contributed by atoms with Crippen LogP contribution in [0.5, 0.6) is 5.75 Å². The van der Waals surface area contributed by atoms with Crippen LogP contribution < -0.4 is 9.64 Å². The van der Waals surface area contributed by atoms with E-state index in [0.29, 0.717) is 15.9 Å². The molecule has 0 bridgehead atoms. The number of halogens is 1. The number of hydrogen-bond acceptors (Lipinski definition) is 5. The minimum atomic E-state index is -3.12. The molecule has 0 saturated carbocycles. The third-order valence-electron chi connectivity index (χ3n) is 5.28. The second-order valence-electron chi connectivity index (χ2n) is 7.91. The summed E-state index contributed by atoms with van der Waals surface area (Å²) in [5.41, 5.74) is 1.99. The third-order valence-corrected chi connectivity index (χ3v) is 8.74. The van der Waals surface area contributed by atoms with Crippen LogP contribution in [0, 0.1) is 0 Å². The Morgan fingerprint density at radius 2 is 1.90 bits per heavy atom. The third kappa shape index (κ3) is 4.91. The molecular weight excluding hydrogens is 456 g/mol. The number of thioether (sulfide) groups is 1. The summed E-state index contributed by atoms with van der Waals surface area (Å²) in [6.07, 6.45) is 0. The molecule has 0 aliphatic carbocycles. The van der Waals surface area contributed by atoms with Crippen molar-refractivity contribution in [1.29, 1.82) is 0 Å². The number of rotatable bonds is 5. The summed E-state index contributed by atoms with van der Waals surface area (Å²) in [7, 11) is -3.12. The summed E-state index contributed by atoms with van der Waals surface area (Å²) in [5.74, 6) is 0.501. The van der Waals surface area contributed by atoms with E-state index in [-0.39, 0.29) is 35.3 Å². The lowest BCUT2D eigenvalue weighted by molar-refractivity contribution is -0.119. The van der Waals surface area contributed by atoms with Crippen LogP contribution in [0.3, 0.4) is 0 Å². The molecule has 2 aliphatic heterocycles. The topological polar surface area (TPSA) is 76.0 Å². The van der Waals surface area contributed by atoms with Gasteiger partial charge < -0.3 is 9.64 Å². The van der Waals surface area contributed by atoms with Crippen LogP contribution in [0.1, 0.15) is 25.3 Å². The monoisotopic (exact) mass is 478 g/mol. The molecule has 2 heterocycles. The maximum Gasteiger partial charge on any atom is 0.285 e. The Balaban J connectivity index is 1.61. The highest BCUT2D eigenvalue weighted by atomic mass is 35.5. The second-order valence-corrected chi connectivity index (χ2v) is 11.7. The largest absolute Gasteiger partial charge is 0.484 e. The highest BCUT2D eigenvalue weighted by Gasteiger charge is 2.49. The minimum absolute atomic E-state index is 0.0611.